The first-order valence-corrected chi connectivity index (χ1v) is 8.40. The quantitative estimate of drug-likeness (QED) is 0.707. The molecule has 1 atom stereocenters. The predicted molar refractivity (Wildman–Crippen MR) is 91.5 cm³/mol. The van der Waals surface area contributed by atoms with Crippen LogP contribution in [0.5, 0.6) is 0 Å². The molecule has 2 heterocycles. The Bertz CT molecular complexity index is 787. The van der Waals surface area contributed by atoms with Gasteiger partial charge >= 0.3 is 0 Å². The van der Waals surface area contributed by atoms with Gasteiger partial charge in [0.25, 0.3) is 0 Å². The minimum absolute atomic E-state index is 0.0126. The second-order valence-corrected chi connectivity index (χ2v) is 6.51. The number of hydrogen-bond donors (Lipinski definition) is 1. The minimum Gasteiger partial charge on any atom is -0.355 e. The first-order chi connectivity index (χ1) is 11.2. The van der Waals surface area contributed by atoms with Gasteiger partial charge in [0.1, 0.15) is 0 Å². The maximum absolute atomic E-state index is 12.2. The average molecular weight is 326 g/mol. The van der Waals surface area contributed by atoms with Crippen molar-refractivity contribution < 1.29 is 4.79 Å². The van der Waals surface area contributed by atoms with Crippen molar-refractivity contribution in [2.75, 3.05) is 6.54 Å². The Morgan fingerprint density at radius 3 is 2.78 bits per heavy atom. The molecule has 1 amide bonds. The largest absolute Gasteiger partial charge is 0.355 e. The highest BCUT2D eigenvalue weighted by Gasteiger charge is 2.17. The van der Waals surface area contributed by atoms with E-state index in [4.69, 9.17) is 0 Å². The molecule has 6 heteroatoms. The van der Waals surface area contributed by atoms with Crippen LogP contribution in [0.2, 0.25) is 0 Å². The van der Waals surface area contributed by atoms with Crippen LogP contribution in [-0.2, 0) is 11.2 Å². The van der Waals surface area contributed by atoms with Gasteiger partial charge in [-0.05, 0) is 31.0 Å². The summed E-state index contributed by atoms with van der Waals surface area (Å²) in [4.78, 5) is 12.2. The lowest BCUT2D eigenvalue weighted by Gasteiger charge is -2.11. The van der Waals surface area contributed by atoms with Crippen molar-refractivity contribution in [2.24, 2.45) is 0 Å². The monoisotopic (exact) mass is 326 g/mol. The van der Waals surface area contributed by atoms with Gasteiger partial charge in [0.05, 0.1) is 5.25 Å². The summed E-state index contributed by atoms with van der Waals surface area (Å²) in [5, 5.41) is 11.7. The van der Waals surface area contributed by atoms with E-state index >= 15 is 0 Å². The lowest BCUT2D eigenvalue weighted by molar-refractivity contribution is -0.120. The Labute approximate surface area is 139 Å². The van der Waals surface area contributed by atoms with E-state index in [2.05, 4.69) is 27.6 Å². The highest BCUT2D eigenvalue weighted by Crippen LogP contribution is 2.21. The normalized spacial score (nSPS) is 12.2. The minimum atomic E-state index is -0.224. The van der Waals surface area contributed by atoms with Gasteiger partial charge in [0, 0.05) is 12.7 Å². The third kappa shape index (κ3) is 3.90. The second-order valence-electron chi connectivity index (χ2n) is 5.20. The van der Waals surface area contributed by atoms with Crippen molar-refractivity contribution in [1.82, 2.24) is 19.9 Å². The summed E-state index contributed by atoms with van der Waals surface area (Å²) >= 11 is 1.41. The van der Waals surface area contributed by atoms with Crippen LogP contribution in [0.3, 0.4) is 0 Å². The van der Waals surface area contributed by atoms with Gasteiger partial charge in [-0.2, -0.15) is 0 Å². The maximum Gasteiger partial charge on any atom is 0.233 e. The molecule has 0 unspecified atom stereocenters. The summed E-state index contributed by atoms with van der Waals surface area (Å²) in [5.41, 5.74) is 2.00. The zero-order chi connectivity index (χ0) is 16.1. The third-order valence-corrected chi connectivity index (χ3v) is 4.55. The van der Waals surface area contributed by atoms with Crippen LogP contribution < -0.4 is 5.32 Å². The van der Waals surface area contributed by atoms with Crippen LogP contribution in [-0.4, -0.2) is 32.3 Å². The Morgan fingerprint density at radius 2 is 1.96 bits per heavy atom. The average Bonchev–Trinajstić information content (AvgIpc) is 2.99. The molecule has 0 saturated carbocycles. The van der Waals surface area contributed by atoms with Gasteiger partial charge in [-0.15, -0.1) is 10.2 Å². The number of benzene rings is 1. The van der Waals surface area contributed by atoms with Crippen LogP contribution in [0.15, 0.2) is 59.9 Å². The van der Waals surface area contributed by atoms with Crippen molar-refractivity contribution in [2.45, 2.75) is 23.8 Å². The van der Waals surface area contributed by atoms with Gasteiger partial charge in [-0.1, -0.05) is 48.2 Å². The Morgan fingerprint density at radius 1 is 1.17 bits per heavy atom. The van der Waals surface area contributed by atoms with E-state index in [1.165, 1.54) is 17.3 Å². The van der Waals surface area contributed by atoms with E-state index in [1.807, 2.05) is 53.9 Å². The highest BCUT2D eigenvalue weighted by molar-refractivity contribution is 8.00. The van der Waals surface area contributed by atoms with Gasteiger partial charge in [0.15, 0.2) is 10.8 Å². The van der Waals surface area contributed by atoms with Crippen molar-refractivity contribution in [3.8, 4) is 0 Å². The molecule has 0 aliphatic carbocycles. The number of aromatic nitrogens is 3. The molecule has 118 valence electrons. The fraction of sp³-hybridized carbons (Fsp3) is 0.235. The molecule has 2 aromatic heterocycles. The van der Waals surface area contributed by atoms with Crippen LogP contribution in [0, 0.1) is 0 Å². The Hall–Kier alpha value is -2.34. The molecule has 1 aromatic carbocycles. The first-order valence-electron chi connectivity index (χ1n) is 7.52. The lowest BCUT2D eigenvalue weighted by atomic mass is 10.1. The second kappa shape index (κ2) is 7.28. The molecule has 0 saturated heterocycles. The summed E-state index contributed by atoms with van der Waals surface area (Å²) in [7, 11) is 0. The topological polar surface area (TPSA) is 59.3 Å². The van der Waals surface area contributed by atoms with E-state index < -0.39 is 0 Å². The van der Waals surface area contributed by atoms with Crippen LogP contribution in [0.1, 0.15) is 12.5 Å². The summed E-state index contributed by atoms with van der Waals surface area (Å²) in [6.45, 7) is 2.51. The van der Waals surface area contributed by atoms with Gasteiger partial charge in [0.2, 0.25) is 5.91 Å². The van der Waals surface area contributed by atoms with Gasteiger partial charge < -0.3 is 5.32 Å². The molecule has 5 nitrogen and oxygen atoms in total. The number of hydrogen-bond acceptors (Lipinski definition) is 4. The smallest absolute Gasteiger partial charge is 0.233 e. The number of amides is 1. The molecule has 3 aromatic rings. The standard InChI is InChI=1S/C17H18N4OS/c1-13(16(22)18-11-10-14-7-3-2-4-8-14)23-17-20-19-15-9-5-6-12-21(15)17/h2-9,12-13H,10-11H2,1H3,(H,18,22)/t13-/m1/s1. The van der Waals surface area contributed by atoms with E-state index in [9.17, 15) is 4.79 Å². The molecule has 1 N–H and O–H groups in total. The molecule has 0 spiro atoms. The third-order valence-electron chi connectivity index (χ3n) is 3.49. The number of fused-ring (bicyclic) bond motifs is 1. The fourth-order valence-corrected chi connectivity index (χ4v) is 3.09. The van der Waals surface area contributed by atoms with Crippen molar-refractivity contribution in [1.29, 1.82) is 0 Å². The SMILES string of the molecule is C[C@@H](Sc1nnc2ccccn12)C(=O)NCCc1ccccc1. The maximum atomic E-state index is 12.2. The van der Waals surface area contributed by atoms with Crippen LogP contribution in [0.25, 0.3) is 5.65 Å². The predicted octanol–water partition coefficient (Wildman–Crippen LogP) is 2.57. The zero-order valence-corrected chi connectivity index (χ0v) is 13.7. The number of pyridine rings is 1. The highest BCUT2D eigenvalue weighted by atomic mass is 32.2. The van der Waals surface area contributed by atoms with E-state index in [1.54, 1.807) is 0 Å². The number of nitrogens with zero attached hydrogens (tertiary/aromatic N) is 3. The van der Waals surface area contributed by atoms with E-state index in [-0.39, 0.29) is 11.2 Å². The summed E-state index contributed by atoms with van der Waals surface area (Å²) in [6.07, 6.45) is 2.73. The Kier molecular flexibility index (Phi) is 4.92. The van der Waals surface area contributed by atoms with E-state index in [0.717, 1.165) is 17.2 Å². The summed E-state index contributed by atoms with van der Waals surface area (Å²) < 4.78 is 1.89. The Balaban J connectivity index is 1.53. The molecule has 0 fully saturated rings. The number of nitrogens with one attached hydrogen (secondary N) is 1. The number of rotatable bonds is 6. The number of thioether (sulfide) groups is 1. The first kappa shape index (κ1) is 15.6. The van der Waals surface area contributed by atoms with Crippen LogP contribution >= 0.6 is 11.8 Å². The van der Waals surface area contributed by atoms with Crippen molar-refractivity contribution in [3.63, 3.8) is 0 Å². The molecular weight excluding hydrogens is 308 g/mol. The lowest BCUT2D eigenvalue weighted by Crippen LogP contribution is -2.32. The zero-order valence-electron chi connectivity index (χ0n) is 12.8. The number of carbonyl (C=O) groups excluding carboxylic acids is 1. The molecule has 23 heavy (non-hydrogen) atoms. The molecule has 0 radical (unpaired) electrons. The molecule has 3 rings (SSSR count). The van der Waals surface area contributed by atoms with Gasteiger partial charge in [-0.3, -0.25) is 9.20 Å². The fourth-order valence-electron chi connectivity index (χ4n) is 2.23. The van der Waals surface area contributed by atoms with Crippen LogP contribution in [0.4, 0.5) is 0 Å². The molecule has 0 aliphatic heterocycles. The molecular formula is C17H18N4OS. The summed E-state index contributed by atoms with van der Waals surface area (Å²) in [6, 6.07) is 15.9. The van der Waals surface area contributed by atoms with Crippen molar-refractivity contribution in [3.05, 3.63) is 60.3 Å². The van der Waals surface area contributed by atoms with Gasteiger partial charge in [-0.25, -0.2) is 0 Å². The molecule has 0 aliphatic rings. The molecule has 0 bridgehead atoms. The summed E-state index contributed by atoms with van der Waals surface area (Å²) in [5.74, 6) is 0.0126. The number of carbonyl (C=O) groups is 1. The van der Waals surface area contributed by atoms with Crippen molar-refractivity contribution >= 4 is 23.3 Å². The van der Waals surface area contributed by atoms with E-state index in [0.29, 0.717) is 6.54 Å².